The van der Waals surface area contributed by atoms with Crippen LogP contribution >= 0.6 is 0 Å². The van der Waals surface area contributed by atoms with Gasteiger partial charge in [-0.05, 0) is 104 Å². The molecule has 4 aliphatic carbocycles. The zero-order valence-corrected chi connectivity index (χ0v) is 19.6. The highest BCUT2D eigenvalue weighted by molar-refractivity contribution is 5.66. The van der Waals surface area contributed by atoms with Crippen LogP contribution in [-0.4, -0.2) is 33.5 Å². The molecular weight excluding hydrogens is 388 g/mol. The van der Waals surface area contributed by atoms with E-state index in [0.29, 0.717) is 36.0 Å². The molecule has 4 aliphatic rings. The van der Waals surface area contributed by atoms with Gasteiger partial charge < -0.3 is 15.3 Å². The van der Waals surface area contributed by atoms with Crippen molar-refractivity contribution in [3.63, 3.8) is 0 Å². The molecule has 11 atom stereocenters. The molecule has 0 radical (unpaired) electrons. The van der Waals surface area contributed by atoms with Crippen LogP contribution in [0.3, 0.4) is 0 Å². The summed E-state index contributed by atoms with van der Waals surface area (Å²) in [6, 6.07) is 0. The first-order chi connectivity index (χ1) is 14.6. The van der Waals surface area contributed by atoms with Crippen molar-refractivity contribution in [1.82, 2.24) is 0 Å². The molecule has 174 valence electrons. The Morgan fingerprint density at radius 2 is 1.74 bits per heavy atom. The number of aliphatic hydroxyl groups is 2. The van der Waals surface area contributed by atoms with Gasteiger partial charge in [-0.25, -0.2) is 0 Å². The summed E-state index contributed by atoms with van der Waals surface area (Å²) < 4.78 is 0. The van der Waals surface area contributed by atoms with E-state index < -0.39 is 5.97 Å². The Hall–Kier alpha value is -1.05. The van der Waals surface area contributed by atoms with Gasteiger partial charge in [0, 0.05) is 12.8 Å². The number of hydrogen-bond donors (Lipinski definition) is 3. The SMILES string of the molecule is C#CC[C@H]1C(O)C2C3CC[C@H]([C@H](C)CCC(=O)O)[C@@]3(C)CCC2[C@@]2(C)CC[C@@H](O)C[C@@H]12. The average molecular weight is 431 g/mol. The number of carboxylic acids is 1. The van der Waals surface area contributed by atoms with Crippen LogP contribution in [0, 0.1) is 64.6 Å². The summed E-state index contributed by atoms with van der Waals surface area (Å²) in [5.41, 5.74) is 0.330. The minimum atomic E-state index is -0.700. The van der Waals surface area contributed by atoms with E-state index in [9.17, 15) is 15.0 Å². The Kier molecular flexibility index (Phi) is 6.25. The first-order valence-corrected chi connectivity index (χ1v) is 12.6. The van der Waals surface area contributed by atoms with Crippen LogP contribution in [0.4, 0.5) is 0 Å². The van der Waals surface area contributed by atoms with E-state index in [-0.39, 0.29) is 41.3 Å². The summed E-state index contributed by atoms with van der Waals surface area (Å²) >= 11 is 0. The van der Waals surface area contributed by atoms with E-state index in [1.54, 1.807) is 0 Å². The van der Waals surface area contributed by atoms with Crippen LogP contribution in [-0.2, 0) is 4.79 Å². The normalized spacial score (nSPS) is 49.9. The first-order valence-electron chi connectivity index (χ1n) is 12.6. The van der Waals surface area contributed by atoms with Crippen LogP contribution in [0.1, 0.15) is 85.0 Å². The van der Waals surface area contributed by atoms with Crippen LogP contribution in [0.25, 0.3) is 0 Å². The van der Waals surface area contributed by atoms with E-state index in [1.807, 2.05) is 0 Å². The maximum absolute atomic E-state index is 11.7. The van der Waals surface area contributed by atoms with Crippen molar-refractivity contribution in [3.05, 3.63) is 0 Å². The molecule has 4 unspecified atom stereocenters. The molecule has 4 nitrogen and oxygen atoms in total. The Morgan fingerprint density at radius 3 is 2.42 bits per heavy atom. The lowest BCUT2D eigenvalue weighted by Crippen LogP contribution is -2.62. The number of aliphatic hydroxyl groups excluding tert-OH is 2. The summed E-state index contributed by atoms with van der Waals surface area (Å²) in [6.07, 6.45) is 14.0. The highest BCUT2D eigenvalue weighted by atomic mass is 16.4. The summed E-state index contributed by atoms with van der Waals surface area (Å²) in [5, 5.41) is 31.3. The summed E-state index contributed by atoms with van der Waals surface area (Å²) in [5.74, 6) is 4.75. The largest absolute Gasteiger partial charge is 0.481 e. The molecule has 0 amide bonds. The van der Waals surface area contributed by atoms with Gasteiger partial charge in [-0.15, -0.1) is 12.3 Å². The number of rotatable bonds is 5. The van der Waals surface area contributed by atoms with Crippen molar-refractivity contribution in [1.29, 1.82) is 0 Å². The van der Waals surface area contributed by atoms with Crippen LogP contribution in [0.15, 0.2) is 0 Å². The van der Waals surface area contributed by atoms with Gasteiger partial charge in [0.05, 0.1) is 12.2 Å². The molecule has 3 N–H and O–H groups in total. The zero-order valence-electron chi connectivity index (χ0n) is 19.6. The molecule has 4 fully saturated rings. The van der Waals surface area contributed by atoms with Crippen LogP contribution in [0.5, 0.6) is 0 Å². The molecule has 0 bridgehead atoms. The van der Waals surface area contributed by atoms with E-state index in [2.05, 4.69) is 26.7 Å². The van der Waals surface area contributed by atoms with Gasteiger partial charge in [-0.3, -0.25) is 4.79 Å². The minimum Gasteiger partial charge on any atom is -0.481 e. The van der Waals surface area contributed by atoms with Crippen molar-refractivity contribution < 1.29 is 20.1 Å². The van der Waals surface area contributed by atoms with Crippen molar-refractivity contribution in [2.45, 2.75) is 97.2 Å². The van der Waals surface area contributed by atoms with Crippen LogP contribution in [0.2, 0.25) is 0 Å². The monoisotopic (exact) mass is 430 g/mol. The summed E-state index contributed by atoms with van der Waals surface area (Å²) in [6.45, 7) is 7.11. The van der Waals surface area contributed by atoms with Gasteiger partial charge >= 0.3 is 5.97 Å². The zero-order chi connectivity index (χ0) is 22.6. The lowest BCUT2D eigenvalue weighted by molar-refractivity contribution is -0.201. The lowest BCUT2D eigenvalue weighted by atomic mass is 9.41. The lowest BCUT2D eigenvalue weighted by Gasteiger charge is -2.64. The fourth-order valence-corrected chi connectivity index (χ4v) is 9.36. The Labute approximate surface area is 188 Å². The third kappa shape index (κ3) is 3.65. The average Bonchev–Trinajstić information content (AvgIpc) is 3.07. The highest BCUT2D eigenvalue weighted by Crippen LogP contribution is 2.69. The van der Waals surface area contributed by atoms with Gasteiger partial charge in [-0.1, -0.05) is 20.8 Å². The molecule has 0 saturated heterocycles. The van der Waals surface area contributed by atoms with Gasteiger partial charge in [0.15, 0.2) is 0 Å². The molecule has 0 aliphatic heterocycles. The topological polar surface area (TPSA) is 77.8 Å². The molecule has 0 aromatic rings. The third-order valence-electron chi connectivity index (χ3n) is 10.8. The molecule has 0 aromatic carbocycles. The fraction of sp³-hybridized carbons (Fsp3) is 0.889. The molecule has 0 heterocycles. The number of terminal acetylenes is 1. The molecule has 0 aromatic heterocycles. The predicted molar refractivity (Wildman–Crippen MR) is 121 cm³/mol. The van der Waals surface area contributed by atoms with E-state index >= 15 is 0 Å². The second kappa shape index (κ2) is 8.38. The van der Waals surface area contributed by atoms with E-state index in [0.717, 1.165) is 44.9 Å². The number of hydrogen-bond acceptors (Lipinski definition) is 3. The van der Waals surface area contributed by atoms with E-state index in [4.69, 9.17) is 11.5 Å². The molecule has 4 saturated carbocycles. The maximum Gasteiger partial charge on any atom is 0.303 e. The van der Waals surface area contributed by atoms with Gasteiger partial charge in [0.1, 0.15) is 0 Å². The standard InChI is InChI=1S/C27H42O4/c1-5-6-18-22-15-17(28)11-13-27(22,4)21-12-14-26(3)19(16(2)7-10-23(29)30)8-9-20(26)24(21)25(18)31/h1,16-22,24-25,28,31H,6-15H2,2-4H3,(H,29,30)/t16-,17-,18-,19-,20?,21?,22+,24?,25?,26-,27-/m1/s1. The van der Waals surface area contributed by atoms with E-state index in [1.165, 1.54) is 6.42 Å². The smallest absolute Gasteiger partial charge is 0.303 e. The second-order valence-corrected chi connectivity index (χ2v) is 12.0. The highest BCUT2D eigenvalue weighted by Gasteiger charge is 2.65. The Balaban J connectivity index is 1.63. The molecule has 4 rings (SSSR count). The van der Waals surface area contributed by atoms with Gasteiger partial charge in [0.25, 0.3) is 0 Å². The number of carboxylic acid groups (broad SMARTS) is 1. The van der Waals surface area contributed by atoms with Gasteiger partial charge in [-0.2, -0.15) is 0 Å². The molecule has 31 heavy (non-hydrogen) atoms. The van der Waals surface area contributed by atoms with Crippen molar-refractivity contribution in [2.75, 3.05) is 0 Å². The third-order valence-corrected chi connectivity index (χ3v) is 10.8. The minimum absolute atomic E-state index is 0.0806. The number of fused-ring (bicyclic) bond motifs is 5. The van der Waals surface area contributed by atoms with Crippen molar-refractivity contribution >= 4 is 5.97 Å². The number of aliphatic carboxylic acids is 1. The first kappa shape index (κ1) is 23.1. The summed E-state index contributed by atoms with van der Waals surface area (Å²) in [7, 11) is 0. The van der Waals surface area contributed by atoms with Crippen molar-refractivity contribution in [2.24, 2.45) is 52.3 Å². The van der Waals surface area contributed by atoms with Gasteiger partial charge in [0.2, 0.25) is 0 Å². The Bertz CT molecular complexity index is 727. The molecule has 0 spiro atoms. The maximum atomic E-state index is 11.7. The predicted octanol–water partition coefficient (Wildman–Crippen LogP) is 4.73. The molecule has 4 heteroatoms. The fourth-order valence-electron chi connectivity index (χ4n) is 9.36. The second-order valence-electron chi connectivity index (χ2n) is 12.0. The molecular formula is C27H42O4. The van der Waals surface area contributed by atoms with Crippen molar-refractivity contribution in [3.8, 4) is 12.3 Å². The summed E-state index contributed by atoms with van der Waals surface area (Å²) in [4.78, 5) is 11.1. The van der Waals surface area contributed by atoms with Crippen LogP contribution < -0.4 is 0 Å². The Morgan fingerprint density at radius 1 is 1.06 bits per heavy atom. The number of carbonyl (C=O) groups is 1. The quantitative estimate of drug-likeness (QED) is 0.551.